The Morgan fingerprint density at radius 3 is 2.67 bits per heavy atom. The van der Waals surface area contributed by atoms with Gasteiger partial charge < -0.3 is 10.6 Å². The zero-order valence-electron chi connectivity index (χ0n) is 14.5. The van der Waals surface area contributed by atoms with Crippen molar-refractivity contribution >= 4 is 22.5 Å². The maximum absolute atomic E-state index is 12.1. The molecular weight excluding hydrogens is 324 g/mol. The molecule has 0 radical (unpaired) electrons. The molecule has 1 heterocycles. The number of urea groups is 1. The van der Waals surface area contributed by atoms with Gasteiger partial charge in [-0.2, -0.15) is 5.10 Å². The van der Waals surface area contributed by atoms with Crippen LogP contribution in [0.4, 0.5) is 10.5 Å². The van der Waals surface area contributed by atoms with Crippen molar-refractivity contribution in [2.45, 2.75) is 38.1 Å². The van der Waals surface area contributed by atoms with Gasteiger partial charge in [0.05, 0.1) is 5.69 Å². The molecular formula is C17H24N4O2S. The van der Waals surface area contributed by atoms with Crippen LogP contribution in [-0.4, -0.2) is 26.3 Å². The first-order chi connectivity index (χ1) is 11.5. The van der Waals surface area contributed by atoms with Gasteiger partial charge in [-0.25, -0.2) is 4.79 Å². The average molecular weight is 348 g/mol. The fourth-order valence-electron chi connectivity index (χ4n) is 2.69. The van der Waals surface area contributed by atoms with E-state index in [9.17, 15) is 9.00 Å². The van der Waals surface area contributed by atoms with Crippen LogP contribution >= 0.6 is 0 Å². The van der Waals surface area contributed by atoms with Gasteiger partial charge in [0.2, 0.25) is 0 Å². The first-order valence-corrected chi connectivity index (χ1v) is 9.54. The number of hydrogen-bond donors (Lipinski definition) is 2. The lowest BCUT2D eigenvalue weighted by atomic mass is 10.1. The zero-order valence-corrected chi connectivity index (χ0v) is 15.4. The highest BCUT2D eigenvalue weighted by Crippen LogP contribution is 2.16. The van der Waals surface area contributed by atoms with Crippen molar-refractivity contribution < 1.29 is 9.00 Å². The van der Waals surface area contributed by atoms with Gasteiger partial charge in [0.15, 0.2) is 0 Å². The van der Waals surface area contributed by atoms with Crippen molar-refractivity contribution in [2.24, 2.45) is 7.05 Å². The molecule has 0 saturated carbocycles. The lowest BCUT2D eigenvalue weighted by molar-refractivity contribution is 0.251. The van der Waals surface area contributed by atoms with Crippen LogP contribution in [0.3, 0.4) is 0 Å². The average Bonchev–Trinajstić information content (AvgIpc) is 2.87. The number of anilines is 1. The molecule has 7 heteroatoms. The maximum Gasteiger partial charge on any atom is 0.319 e. The monoisotopic (exact) mass is 348 g/mol. The van der Waals surface area contributed by atoms with E-state index in [1.807, 2.05) is 11.7 Å². The lowest BCUT2D eigenvalue weighted by Gasteiger charge is -2.10. The van der Waals surface area contributed by atoms with Gasteiger partial charge in [-0.3, -0.25) is 8.89 Å². The summed E-state index contributed by atoms with van der Waals surface area (Å²) >= 11 is 0. The molecule has 2 rings (SSSR count). The van der Waals surface area contributed by atoms with Crippen LogP contribution in [0.25, 0.3) is 0 Å². The van der Waals surface area contributed by atoms with Gasteiger partial charge in [-0.05, 0) is 31.0 Å². The van der Waals surface area contributed by atoms with Crippen molar-refractivity contribution in [3.8, 4) is 0 Å². The van der Waals surface area contributed by atoms with E-state index in [0.717, 1.165) is 29.8 Å². The van der Waals surface area contributed by atoms with Crippen molar-refractivity contribution in [1.29, 1.82) is 0 Å². The van der Waals surface area contributed by atoms with Gasteiger partial charge in [-0.15, -0.1) is 0 Å². The molecule has 6 nitrogen and oxygen atoms in total. The number of carbonyl (C=O) groups is 1. The van der Waals surface area contributed by atoms with Gasteiger partial charge in [0.25, 0.3) is 0 Å². The van der Waals surface area contributed by atoms with Crippen molar-refractivity contribution in [3.63, 3.8) is 0 Å². The molecule has 0 fully saturated rings. The van der Waals surface area contributed by atoms with Crippen LogP contribution in [0.5, 0.6) is 0 Å². The lowest BCUT2D eigenvalue weighted by Crippen LogP contribution is -2.28. The molecule has 2 aromatic rings. The summed E-state index contributed by atoms with van der Waals surface area (Å²) in [7, 11) is 0.852. The Labute approximate surface area is 145 Å². The third-order valence-electron chi connectivity index (χ3n) is 3.88. The number of aromatic nitrogens is 2. The SMILES string of the molecule is CCc1nn(C)c(CC)c1CNC(=O)Nc1cccc([S@](C)=O)c1. The highest BCUT2D eigenvalue weighted by Gasteiger charge is 2.14. The molecule has 0 spiro atoms. The molecule has 0 aliphatic rings. The van der Waals surface area contributed by atoms with Crippen LogP contribution in [0.1, 0.15) is 30.8 Å². The molecule has 1 atom stereocenters. The van der Waals surface area contributed by atoms with E-state index in [1.165, 1.54) is 0 Å². The van der Waals surface area contributed by atoms with Crippen molar-refractivity contribution in [3.05, 3.63) is 41.2 Å². The molecule has 1 aromatic carbocycles. The smallest absolute Gasteiger partial charge is 0.319 e. The molecule has 130 valence electrons. The Bertz CT molecular complexity index is 755. The first-order valence-electron chi connectivity index (χ1n) is 7.98. The minimum absolute atomic E-state index is 0.290. The molecule has 0 unspecified atom stereocenters. The number of benzene rings is 1. The van der Waals surface area contributed by atoms with E-state index in [1.54, 1.807) is 30.5 Å². The Kier molecular flexibility index (Phi) is 6.14. The molecule has 0 bridgehead atoms. The largest absolute Gasteiger partial charge is 0.334 e. The highest BCUT2D eigenvalue weighted by molar-refractivity contribution is 7.84. The fourth-order valence-corrected chi connectivity index (χ4v) is 3.25. The summed E-state index contributed by atoms with van der Waals surface area (Å²) in [6.07, 6.45) is 3.31. The van der Waals surface area contributed by atoms with Crippen molar-refractivity contribution in [1.82, 2.24) is 15.1 Å². The topological polar surface area (TPSA) is 76.0 Å². The second-order valence-electron chi connectivity index (χ2n) is 5.49. The van der Waals surface area contributed by atoms with Gasteiger partial charge >= 0.3 is 6.03 Å². The summed E-state index contributed by atoms with van der Waals surface area (Å²) in [4.78, 5) is 12.8. The molecule has 0 saturated heterocycles. The number of hydrogen-bond acceptors (Lipinski definition) is 3. The number of amides is 2. The predicted molar refractivity (Wildman–Crippen MR) is 96.6 cm³/mol. The third kappa shape index (κ3) is 4.23. The van der Waals surface area contributed by atoms with Crippen LogP contribution < -0.4 is 10.6 Å². The molecule has 2 amide bonds. The van der Waals surface area contributed by atoms with E-state index >= 15 is 0 Å². The van der Waals surface area contributed by atoms with Crippen molar-refractivity contribution in [2.75, 3.05) is 11.6 Å². The van der Waals surface area contributed by atoms with E-state index in [2.05, 4.69) is 29.6 Å². The minimum Gasteiger partial charge on any atom is -0.334 e. The summed E-state index contributed by atoms with van der Waals surface area (Å²) in [6.45, 7) is 4.57. The number of carbonyl (C=O) groups excluding carboxylic acids is 1. The Morgan fingerprint density at radius 1 is 1.29 bits per heavy atom. The Balaban J connectivity index is 2.04. The van der Waals surface area contributed by atoms with Crippen LogP contribution in [0.15, 0.2) is 29.2 Å². The minimum atomic E-state index is -1.08. The first kappa shape index (κ1) is 18.2. The fraction of sp³-hybridized carbons (Fsp3) is 0.412. The number of nitrogens with one attached hydrogen (secondary N) is 2. The zero-order chi connectivity index (χ0) is 17.7. The van der Waals surface area contributed by atoms with Gasteiger partial charge in [-0.1, -0.05) is 19.9 Å². The van der Waals surface area contributed by atoms with Gasteiger partial charge in [0.1, 0.15) is 0 Å². The molecule has 24 heavy (non-hydrogen) atoms. The molecule has 0 aliphatic carbocycles. The van der Waals surface area contributed by atoms with Crippen LogP contribution in [0.2, 0.25) is 0 Å². The van der Waals surface area contributed by atoms with Gasteiger partial charge in [0, 0.05) is 52.5 Å². The summed E-state index contributed by atoms with van der Waals surface area (Å²) in [5, 5.41) is 10.2. The summed E-state index contributed by atoms with van der Waals surface area (Å²) in [6, 6.07) is 6.75. The molecule has 2 N–H and O–H groups in total. The predicted octanol–water partition coefficient (Wildman–Crippen LogP) is 2.60. The van der Waals surface area contributed by atoms with E-state index < -0.39 is 10.8 Å². The summed E-state index contributed by atoms with van der Waals surface area (Å²) < 4.78 is 13.4. The second kappa shape index (κ2) is 8.10. The Morgan fingerprint density at radius 2 is 2.04 bits per heavy atom. The summed E-state index contributed by atoms with van der Waals surface area (Å²) in [5.74, 6) is 0. The normalized spacial score (nSPS) is 12.0. The third-order valence-corrected chi connectivity index (χ3v) is 4.80. The molecule has 1 aromatic heterocycles. The quantitative estimate of drug-likeness (QED) is 0.842. The summed E-state index contributed by atoms with van der Waals surface area (Å²) in [5.41, 5.74) is 3.85. The Hall–Kier alpha value is -2.15. The number of nitrogens with zero attached hydrogens (tertiary/aromatic N) is 2. The van der Waals surface area contributed by atoms with E-state index in [0.29, 0.717) is 17.1 Å². The second-order valence-corrected chi connectivity index (χ2v) is 6.87. The number of aryl methyl sites for hydroxylation is 2. The molecule has 0 aliphatic heterocycles. The highest BCUT2D eigenvalue weighted by atomic mass is 32.2. The van der Waals surface area contributed by atoms with Crippen LogP contribution in [-0.2, 0) is 37.2 Å². The van der Waals surface area contributed by atoms with E-state index in [-0.39, 0.29) is 6.03 Å². The van der Waals surface area contributed by atoms with Crippen LogP contribution in [0, 0.1) is 0 Å². The number of rotatable bonds is 6. The standard InChI is InChI=1S/C17H24N4O2S/c1-5-15-14(16(6-2)21(3)20-15)11-18-17(22)19-12-8-7-9-13(10-12)24(4)23/h7-10H,5-6,11H2,1-4H3,(H2,18,19,22)/t24-/m0/s1. The maximum atomic E-state index is 12.1. The van der Waals surface area contributed by atoms with E-state index in [4.69, 9.17) is 0 Å².